The van der Waals surface area contributed by atoms with E-state index in [1.54, 1.807) is 12.1 Å². The zero-order valence-corrected chi connectivity index (χ0v) is 17.7. The fraction of sp³-hybridized carbons (Fsp3) is 0.292. The Morgan fingerprint density at radius 2 is 1.74 bits per heavy atom. The van der Waals surface area contributed by atoms with E-state index in [0.29, 0.717) is 31.5 Å². The smallest absolute Gasteiger partial charge is 0.404 e. The number of benzene rings is 2. The first-order valence-corrected chi connectivity index (χ1v) is 10.4. The molecule has 0 spiro atoms. The second-order valence-electron chi connectivity index (χ2n) is 7.36. The van der Waals surface area contributed by atoms with Crippen molar-refractivity contribution in [1.29, 1.82) is 0 Å². The van der Waals surface area contributed by atoms with Gasteiger partial charge in [0, 0.05) is 43.5 Å². The molecule has 7 heteroatoms. The van der Waals surface area contributed by atoms with E-state index in [1.807, 2.05) is 36.4 Å². The van der Waals surface area contributed by atoms with Crippen molar-refractivity contribution < 1.29 is 14.7 Å². The van der Waals surface area contributed by atoms with Crippen LogP contribution in [0.15, 0.2) is 59.6 Å². The second kappa shape index (κ2) is 11.0. The quantitative estimate of drug-likeness (QED) is 0.571. The molecule has 0 radical (unpaired) electrons. The third kappa shape index (κ3) is 6.44. The number of carbonyl (C=O) groups excluding carboxylic acids is 1. The molecule has 2 amide bonds. The first kappa shape index (κ1) is 22.1. The van der Waals surface area contributed by atoms with Crippen molar-refractivity contribution in [2.24, 2.45) is 4.99 Å². The normalized spacial score (nSPS) is 13.3. The lowest BCUT2D eigenvalue weighted by molar-refractivity contribution is 0.0952. The van der Waals surface area contributed by atoms with Gasteiger partial charge in [-0.3, -0.25) is 9.79 Å². The molecule has 0 fully saturated rings. The van der Waals surface area contributed by atoms with Crippen molar-refractivity contribution in [2.75, 3.05) is 38.1 Å². The van der Waals surface area contributed by atoms with Crippen LogP contribution in [-0.2, 0) is 0 Å². The maximum atomic E-state index is 12.2. The molecule has 0 bridgehead atoms. The first-order chi connectivity index (χ1) is 15.0. The largest absolute Gasteiger partial charge is 0.465 e. The summed E-state index contributed by atoms with van der Waals surface area (Å²) in [5.41, 5.74) is 4.84. The number of nitrogens with zero attached hydrogens (tertiary/aromatic N) is 2. The highest BCUT2D eigenvalue weighted by molar-refractivity contribution is 6.14. The number of hydrogen-bond donors (Lipinski definition) is 3. The maximum absolute atomic E-state index is 12.2. The highest BCUT2D eigenvalue weighted by Gasteiger charge is 2.13. The van der Waals surface area contributed by atoms with Crippen LogP contribution in [0, 0.1) is 0 Å². The number of nitrogens with one attached hydrogen (secondary N) is 2. The Morgan fingerprint density at radius 3 is 2.48 bits per heavy atom. The van der Waals surface area contributed by atoms with E-state index in [1.165, 1.54) is 5.69 Å². The Morgan fingerprint density at radius 1 is 1.03 bits per heavy atom. The molecule has 3 rings (SSSR count). The molecule has 0 saturated carbocycles. The van der Waals surface area contributed by atoms with Crippen molar-refractivity contribution in [3.8, 4) is 0 Å². The van der Waals surface area contributed by atoms with Gasteiger partial charge in [0.1, 0.15) is 0 Å². The van der Waals surface area contributed by atoms with Crippen LogP contribution < -0.4 is 15.5 Å². The van der Waals surface area contributed by atoms with Crippen molar-refractivity contribution in [3.63, 3.8) is 0 Å². The number of benzodiazepines with no additional fused rings is 1. The molecule has 7 nitrogen and oxygen atoms in total. The lowest BCUT2D eigenvalue weighted by Gasteiger charge is -2.18. The van der Waals surface area contributed by atoms with Crippen molar-refractivity contribution >= 4 is 29.5 Å². The third-order valence-electron chi connectivity index (χ3n) is 5.08. The summed E-state index contributed by atoms with van der Waals surface area (Å²) in [6.45, 7) is 2.53. The van der Waals surface area contributed by atoms with E-state index >= 15 is 0 Å². The highest BCUT2D eigenvalue weighted by atomic mass is 16.4. The molecular formula is C24H28N4O3. The van der Waals surface area contributed by atoms with E-state index < -0.39 is 6.09 Å². The fourth-order valence-electron chi connectivity index (χ4n) is 3.36. The van der Waals surface area contributed by atoms with Crippen LogP contribution in [-0.4, -0.2) is 56.0 Å². The third-order valence-corrected chi connectivity index (χ3v) is 5.08. The average Bonchev–Trinajstić information content (AvgIpc) is 2.93. The second-order valence-corrected chi connectivity index (χ2v) is 7.36. The molecular weight excluding hydrogens is 392 g/mol. The number of fused-ring (bicyclic) bond motifs is 1. The van der Waals surface area contributed by atoms with Gasteiger partial charge < -0.3 is 20.6 Å². The Labute approximate surface area is 182 Å². The maximum Gasteiger partial charge on any atom is 0.404 e. The van der Waals surface area contributed by atoms with Gasteiger partial charge in [0.25, 0.3) is 5.91 Å². The predicted octanol–water partition coefficient (Wildman–Crippen LogP) is 3.42. The molecule has 1 heterocycles. The van der Waals surface area contributed by atoms with Crippen LogP contribution in [0.4, 0.5) is 10.5 Å². The summed E-state index contributed by atoms with van der Waals surface area (Å²) in [6.07, 6.45) is 4.40. The van der Waals surface area contributed by atoms with Crippen molar-refractivity contribution in [2.45, 2.75) is 12.8 Å². The van der Waals surface area contributed by atoms with Crippen LogP contribution in [0.2, 0.25) is 0 Å². The number of anilines is 1. The number of carbonyl (C=O) groups is 2. The number of hydrogen-bond acceptors (Lipinski definition) is 4. The van der Waals surface area contributed by atoms with Gasteiger partial charge in [0.15, 0.2) is 0 Å². The number of unbranched alkanes of at least 4 members (excludes halogenated alkanes) is 1. The van der Waals surface area contributed by atoms with Crippen molar-refractivity contribution in [3.05, 3.63) is 71.3 Å². The molecule has 1 aliphatic rings. The van der Waals surface area contributed by atoms with E-state index in [0.717, 1.165) is 29.9 Å². The van der Waals surface area contributed by atoms with E-state index in [2.05, 4.69) is 34.7 Å². The Bertz CT molecular complexity index is 967. The summed E-state index contributed by atoms with van der Waals surface area (Å²) in [5, 5.41) is 13.7. The Kier molecular flexibility index (Phi) is 7.81. The van der Waals surface area contributed by atoms with Gasteiger partial charge in [0.05, 0.1) is 12.3 Å². The van der Waals surface area contributed by atoms with Gasteiger partial charge in [0.2, 0.25) is 0 Å². The van der Waals surface area contributed by atoms with Gasteiger partial charge in [-0.25, -0.2) is 4.79 Å². The number of amides is 2. The van der Waals surface area contributed by atoms with Crippen LogP contribution >= 0.6 is 0 Å². The number of allylic oxidation sites excluding steroid dienone is 1. The first-order valence-electron chi connectivity index (χ1n) is 10.4. The zero-order chi connectivity index (χ0) is 22.1. The topological polar surface area (TPSA) is 94.0 Å². The van der Waals surface area contributed by atoms with Crippen LogP contribution in [0.1, 0.15) is 34.3 Å². The summed E-state index contributed by atoms with van der Waals surface area (Å²) in [7, 11) is 2.08. The predicted molar refractivity (Wildman–Crippen MR) is 124 cm³/mol. The molecule has 0 atom stereocenters. The number of rotatable bonds is 8. The minimum Gasteiger partial charge on any atom is -0.465 e. The standard InChI is InChI=1S/C24H28N4O3/c1-28-17-16-25-21(20-6-2-3-7-22(20)28)13-10-18-8-11-19(12-9-18)23(29)26-14-4-5-15-27-24(30)31/h2-3,6-13,27H,4-5,14-17H2,1H3,(H,26,29)(H,30,31). The van der Waals surface area contributed by atoms with Crippen molar-refractivity contribution in [1.82, 2.24) is 10.6 Å². The van der Waals surface area contributed by atoms with Crippen LogP contribution in [0.5, 0.6) is 0 Å². The van der Waals surface area contributed by atoms with Gasteiger partial charge in [-0.2, -0.15) is 0 Å². The SMILES string of the molecule is CN1CCN=C(C=Cc2ccc(C(=O)NCCCCNC(=O)O)cc2)c2ccccc21. The summed E-state index contributed by atoms with van der Waals surface area (Å²) in [6, 6.07) is 15.7. The number of para-hydroxylation sites is 1. The molecule has 31 heavy (non-hydrogen) atoms. The molecule has 0 aliphatic carbocycles. The Balaban J connectivity index is 1.55. The van der Waals surface area contributed by atoms with Gasteiger partial charge in [-0.15, -0.1) is 0 Å². The van der Waals surface area contributed by atoms with Gasteiger partial charge in [-0.1, -0.05) is 36.4 Å². The van der Waals surface area contributed by atoms with E-state index in [4.69, 9.17) is 10.1 Å². The molecule has 2 aromatic rings. The zero-order valence-electron chi connectivity index (χ0n) is 17.7. The summed E-state index contributed by atoms with van der Waals surface area (Å²) in [4.78, 5) is 29.6. The minimum atomic E-state index is -1.03. The van der Waals surface area contributed by atoms with Crippen LogP contribution in [0.25, 0.3) is 6.08 Å². The number of aliphatic imine (C=N–C) groups is 1. The number of likely N-dealkylation sites (N-methyl/N-ethyl adjacent to an activating group) is 1. The lowest BCUT2D eigenvalue weighted by atomic mass is 10.0. The molecule has 162 valence electrons. The van der Waals surface area contributed by atoms with Crippen LogP contribution in [0.3, 0.4) is 0 Å². The minimum absolute atomic E-state index is 0.133. The molecule has 3 N–H and O–H groups in total. The lowest BCUT2D eigenvalue weighted by Crippen LogP contribution is -2.26. The monoisotopic (exact) mass is 420 g/mol. The molecule has 0 saturated heterocycles. The number of carboxylic acid groups (broad SMARTS) is 1. The summed E-state index contributed by atoms with van der Waals surface area (Å²) < 4.78 is 0. The molecule has 2 aromatic carbocycles. The summed E-state index contributed by atoms with van der Waals surface area (Å²) >= 11 is 0. The van der Waals surface area contributed by atoms with Gasteiger partial charge >= 0.3 is 6.09 Å². The Hall–Kier alpha value is -3.61. The average molecular weight is 421 g/mol. The molecule has 0 aromatic heterocycles. The molecule has 0 unspecified atom stereocenters. The fourth-order valence-corrected chi connectivity index (χ4v) is 3.36. The van der Waals surface area contributed by atoms with E-state index in [-0.39, 0.29) is 5.91 Å². The molecule has 1 aliphatic heterocycles. The van der Waals surface area contributed by atoms with Gasteiger partial charge in [-0.05, 0) is 42.7 Å². The summed E-state index contributed by atoms with van der Waals surface area (Å²) in [5.74, 6) is -0.133. The van der Waals surface area contributed by atoms with E-state index in [9.17, 15) is 9.59 Å². The highest BCUT2D eigenvalue weighted by Crippen LogP contribution is 2.23.